The topological polar surface area (TPSA) is 87.2 Å². The van der Waals surface area contributed by atoms with Crippen LogP contribution >= 0.6 is 23.2 Å². The van der Waals surface area contributed by atoms with Gasteiger partial charge in [0.1, 0.15) is 0 Å². The molecule has 0 aromatic heterocycles. The van der Waals surface area contributed by atoms with Crippen LogP contribution < -0.4 is 0 Å². The zero-order valence-corrected chi connectivity index (χ0v) is 21.2. The molecule has 7 nitrogen and oxygen atoms in total. The van der Waals surface area contributed by atoms with Crippen LogP contribution in [-0.4, -0.2) is 66.0 Å². The Morgan fingerprint density at radius 1 is 1.14 bits per heavy atom. The van der Waals surface area contributed by atoms with Crippen molar-refractivity contribution in [2.45, 2.75) is 31.7 Å². The number of nitrogens with zero attached hydrogens (tertiary/aromatic N) is 2. The minimum absolute atomic E-state index is 0.0629. The number of carboxylic acids is 1. The molecule has 0 radical (unpaired) electrons. The van der Waals surface area contributed by atoms with Gasteiger partial charge in [-0.05, 0) is 42.2 Å². The van der Waals surface area contributed by atoms with E-state index in [9.17, 15) is 19.5 Å². The number of benzene rings is 2. The molecule has 1 aliphatic heterocycles. The van der Waals surface area contributed by atoms with Crippen molar-refractivity contribution in [3.8, 4) is 0 Å². The van der Waals surface area contributed by atoms with E-state index in [1.807, 2.05) is 30.3 Å². The van der Waals surface area contributed by atoms with E-state index < -0.39 is 17.9 Å². The Kier molecular flexibility index (Phi) is 9.95. The van der Waals surface area contributed by atoms with E-state index in [0.717, 1.165) is 5.56 Å². The van der Waals surface area contributed by atoms with E-state index in [1.165, 1.54) is 0 Å². The van der Waals surface area contributed by atoms with Crippen LogP contribution in [0.15, 0.2) is 48.5 Å². The number of methoxy groups -OCH3 is 1. The number of piperidine rings is 1. The van der Waals surface area contributed by atoms with Gasteiger partial charge in [-0.15, -0.1) is 0 Å². The second-order valence-electron chi connectivity index (χ2n) is 8.54. The van der Waals surface area contributed by atoms with Crippen molar-refractivity contribution in [3.63, 3.8) is 0 Å². The van der Waals surface area contributed by atoms with E-state index in [1.54, 1.807) is 35.1 Å². The van der Waals surface area contributed by atoms with Crippen LogP contribution in [0.3, 0.4) is 0 Å². The first-order valence-corrected chi connectivity index (χ1v) is 12.3. The van der Waals surface area contributed by atoms with Crippen LogP contribution in [0, 0.1) is 5.92 Å². The normalized spacial score (nSPS) is 17.9. The third kappa shape index (κ3) is 7.19. The van der Waals surface area contributed by atoms with Gasteiger partial charge in [0.25, 0.3) is 0 Å². The molecule has 1 fully saturated rings. The molecule has 188 valence electrons. The van der Waals surface area contributed by atoms with Gasteiger partial charge in [0.15, 0.2) is 0 Å². The number of carbonyl (C=O) groups excluding carboxylic acids is 2. The number of aliphatic carboxylic acids is 1. The maximum Gasteiger partial charge on any atom is 0.305 e. The highest BCUT2D eigenvalue weighted by Crippen LogP contribution is 2.40. The zero-order chi connectivity index (χ0) is 25.4. The summed E-state index contributed by atoms with van der Waals surface area (Å²) in [5, 5.41) is 10.4. The Morgan fingerprint density at radius 3 is 2.60 bits per heavy atom. The molecule has 0 unspecified atom stereocenters. The molecule has 1 saturated heterocycles. The van der Waals surface area contributed by atoms with Gasteiger partial charge in [-0.1, -0.05) is 53.5 Å². The van der Waals surface area contributed by atoms with Gasteiger partial charge in [0.2, 0.25) is 11.8 Å². The average molecular weight is 521 g/mol. The third-order valence-corrected chi connectivity index (χ3v) is 6.83. The minimum atomic E-state index is -0.978. The van der Waals surface area contributed by atoms with Gasteiger partial charge in [0, 0.05) is 43.2 Å². The molecule has 35 heavy (non-hydrogen) atoms. The summed E-state index contributed by atoms with van der Waals surface area (Å²) in [7, 11) is 1.56. The van der Waals surface area contributed by atoms with Gasteiger partial charge < -0.3 is 19.6 Å². The number of carbonyl (C=O) groups is 3. The van der Waals surface area contributed by atoms with Crippen molar-refractivity contribution < 1.29 is 24.2 Å². The van der Waals surface area contributed by atoms with Crippen LogP contribution in [0.25, 0.3) is 0 Å². The van der Waals surface area contributed by atoms with Crippen LogP contribution in [0.2, 0.25) is 10.0 Å². The first-order chi connectivity index (χ1) is 16.8. The number of likely N-dealkylation sites (tertiary alicyclic amines) is 1. The molecule has 1 N–H and O–H groups in total. The summed E-state index contributed by atoms with van der Waals surface area (Å²) in [4.78, 5) is 41.4. The first-order valence-electron chi connectivity index (χ1n) is 11.6. The maximum atomic E-state index is 13.9. The number of ether oxygens (including phenoxy) is 1. The number of amides is 2. The predicted octanol–water partition coefficient (Wildman–Crippen LogP) is 4.47. The second kappa shape index (κ2) is 12.9. The van der Waals surface area contributed by atoms with Gasteiger partial charge in [-0.25, -0.2) is 0 Å². The molecular formula is C26H30Cl2N2O5. The molecule has 2 amide bonds. The van der Waals surface area contributed by atoms with Gasteiger partial charge in [0.05, 0.1) is 25.0 Å². The highest BCUT2D eigenvalue weighted by atomic mass is 35.5. The highest BCUT2D eigenvalue weighted by Gasteiger charge is 2.42. The summed E-state index contributed by atoms with van der Waals surface area (Å²) in [5.74, 6) is -1.79. The lowest BCUT2D eigenvalue weighted by atomic mass is 9.83. The Morgan fingerprint density at radius 2 is 1.91 bits per heavy atom. The number of hydrogen-bond acceptors (Lipinski definition) is 4. The van der Waals surface area contributed by atoms with E-state index in [0.29, 0.717) is 48.1 Å². The fraction of sp³-hybridized carbons (Fsp3) is 0.423. The molecule has 2 aromatic rings. The Balaban J connectivity index is 1.91. The predicted molar refractivity (Wildman–Crippen MR) is 134 cm³/mol. The number of rotatable bonds is 11. The number of halogens is 2. The van der Waals surface area contributed by atoms with E-state index in [4.69, 9.17) is 27.9 Å². The van der Waals surface area contributed by atoms with Crippen molar-refractivity contribution in [1.29, 1.82) is 0 Å². The van der Waals surface area contributed by atoms with Crippen molar-refractivity contribution in [3.05, 3.63) is 69.7 Å². The molecule has 0 bridgehead atoms. The number of hydrogen-bond donors (Lipinski definition) is 1. The lowest BCUT2D eigenvalue weighted by Gasteiger charge is -2.42. The first kappa shape index (κ1) is 27.0. The molecule has 3 rings (SSSR count). The molecule has 2 aromatic carbocycles. The monoisotopic (exact) mass is 520 g/mol. The summed E-state index contributed by atoms with van der Waals surface area (Å²) in [5.41, 5.74) is 1.65. The fourth-order valence-electron chi connectivity index (χ4n) is 4.52. The fourth-order valence-corrected chi connectivity index (χ4v) is 4.98. The summed E-state index contributed by atoms with van der Waals surface area (Å²) >= 11 is 12.6. The SMILES string of the molecule is COCCN1C(=O)CC[C@@H](C(=O)N(CCC(=O)O)CCc2cccc(Cl)c2)[C@@H]1c1ccccc1Cl. The van der Waals surface area contributed by atoms with Crippen molar-refractivity contribution >= 4 is 41.0 Å². The lowest BCUT2D eigenvalue weighted by molar-refractivity contribution is -0.149. The number of carboxylic acid groups (broad SMARTS) is 1. The van der Waals surface area contributed by atoms with Crippen molar-refractivity contribution in [2.75, 3.05) is 33.4 Å². The zero-order valence-electron chi connectivity index (χ0n) is 19.7. The van der Waals surface area contributed by atoms with Gasteiger partial charge in [-0.3, -0.25) is 14.4 Å². The van der Waals surface area contributed by atoms with Crippen LogP contribution in [0.1, 0.15) is 36.4 Å². The largest absolute Gasteiger partial charge is 0.481 e. The summed E-state index contributed by atoms with van der Waals surface area (Å²) in [6.07, 6.45) is 0.943. The third-order valence-electron chi connectivity index (χ3n) is 6.25. The molecule has 0 saturated carbocycles. The second-order valence-corrected chi connectivity index (χ2v) is 9.38. The molecule has 0 spiro atoms. The lowest BCUT2D eigenvalue weighted by Crippen LogP contribution is -2.50. The molecule has 1 aliphatic rings. The van der Waals surface area contributed by atoms with Crippen LogP contribution in [-0.2, 0) is 25.5 Å². The molecule has 1 heterocycles. The molecule has 0 aliphatic carbocycles. The molecule has 2 atom stereocenters. The smallest absolute Gasteiger partial charge is 0.305 e. The van der Waals surface area contributed by atoms with Gasteiger partial charge >= 0.3 is 5.97 Å². The van der Waals surface area contributed by atoms with E-state index in [-0.39, 0.29) is 31.2 Å². The van der Waals surface area contributed by atoms with Crippen LogP contribution in [0.5, 0.6) is 0 Å². The van der Waals surface area contributed by atoms with Crippen molar-refractivity contribution in [2.24, 2.45) is 5.92 Å². The molecule has 9 heteroatoms. The quantitative estimate of drug-likeness (QED) is 0.472. The average Bonchev–Trinajstić information content (AvgIpc) is 2.83. The van der Waals surface area contributed by atoms with Crippen LogP contribution in [0.4, 0.5) is 0 Å². The minimum Gasteiger partial charge on any atom is -0.481 e. The van der Waals surface area contributed by atoms with Crippen molar-refractivity contribution in [1.82, 2.24) is 9.80 Å². The Bertz CT molecular complexity index is 1050. The Hall–Kier alpha value is -2.61. The highest BCUT2D eigenvalue weighted by molar-refractivity contribution is 6.31. The summed E-state index contributed by atoms with van der Waals surface area (Å²) in [6, 6.07) is 14.0. The van der Waals surface area contributed by atoms with E-state index in [2.05, 4.69) is 0 Å². The standard InChI is InChI=1S/C26H30Cl2N2O5/c1-35-16-15-30-23(31)10-9-21(25(30)20-7-2-3-8-22(20)28)26(34)29(14-12-24(32)33)13-11-18-5-4-6-19(27)17-18/h2-8,17,21,25H,9-16H2,1H3,(H,32,33)/t21-,25+/m1/s1. The summed E-state index contributed by atoms with van der Waals surface area (Å²) in [6.45, 7) is 1.06. The van der Waals surface area contributed by atoms with E-state index >= 15 is 0 Å². The molecular weight excluding hydrogens is 491 g/mol. The van der Waals surface area contributed by atoms with Gasteiger partial charge in [-0.2, -0.15) is 0 Å². The Labute approximate surface area is 215 Å². The maximum absolute atomic E-state index is 13.9. The summed E-state index contributed by atoms with van der Waals surface area (Å²) < 4.78 is 5.21.